The smallest absolute Gasteiger partial charge is 0.164 e. The molecule has 1 aromatic carbocycles. The minimum absolute atomic E-state index is 0.162. The van der Waals surface area contributed by atoms with E-state index in [2.05, 4.69) is 25.7 Å². The molecule has 0 spiro atoms. The van der Waals surface area contributed by atoms with Crippen LogP contribution in [0.4, 0.5) is 5.69 Å². The molecule has 1 saturated carbocycles. The average Bonchev–Trinajstić information content (AvgIpc) is 2.73. The van der Waals surface area contributed by atoms with Crippen molar-refractivity contribution < 1.29 is 9.53 Å². The second kappa shape index (κ2) is 6.07. The van der Waals surface area contributed by atoms with E-state index < -0.39 is 0 Å². The van der Waals surface area contributed by atoms with Gasteiger partial charge in [0.25, 0.3) is 0 Å². The summed E-state index contributed by atoms with van der Waals surface area (Å²) >= 11 is 0. The Balaban J connectivity index is 1.62. The lowest BCUT2D eigenvalue weighted by atomic mass is 9.65. The first-order chi connectivity index (χ1) is 11.2. The van der Waals surface area contributed by atoms with Crippen molar-refractivity contribution in [2.75, 3.05) is 25.9 Å². The number of rotatable bonds is 5. The van der Waals surface area contributed by atoms with Crippen LogP contribution in [0.15, 0.2) is 18.2 Å². The van der Waals surface area contributed by atoms with Crippen molar-refractivity contribution in [2.45, 2.75) is 52.5 Å². The van der Waals surface area contributed by atoms with Gasteiger partial charge in [-0.3, -0.25) is 9.69 Å². The van der Waals surface area contributed by atoms with Crippen molar-refractivity contribution in [1.29, 1.82) is 0 Å². The van der Waals surface area contributed by atoms with E-state index in [-0.39, 0.29) is 5.78 Å². The summed E-state index contributed by atoms with van der Waals surface area (Å²) in [5.74, 6) is 0.783. The molecule has 1 aromatic rings. The number of hydrogen-bond acceptors (Lipinski definition) is 4. The zero-order valence-electron chi connectivity index (χ0n) is 15.4. The van der Waals surface area contributed by atoms with Crippen LogP contribution in [0.25, 0.3) is 0 Å². The summed E-state index contributed by atoms with van der Waals surface area (Å²) in [5.41, 5.74) is 7.96. The van der Waals surface area contributed by atoms with E-state index >= 15 is 0 Å². The highest BCUT2D eigenvalue weighted by Gasteiger charge is 2.49. The molecule has 3 rings (SSSR count). The summed E-state index contributed by atoms with van der Waals surface area (Å²) < 4.78 is 5.15. The number of anilines is 1. The highest BCUT2D eigenvalue weighted by atomic mass is 16.5. The Morgan fingerprint density at radius 3 is 2.75 bits per heavy atom. The third-order valence-electron chi connectivity index (χ3n) is 5.70. The van der Waals surface area contributed by atoms with Gasteiger partial charge in [-0.2, -0.15) is 0 Å². The average molecular weight is 330 g/mol. The molecule has 1 aliphatic heterocycles. The minimum atomic E-state index is 0.162. The van der Waals surface area contributed by atoms with Crippen LogP contribution in [-0.2, 0) is 0 Å². The maximum Gasteiger partial charge on any atom is 0.164 e. The number of nitrogens with zero attached hydrogens (tertiary/aromatic N) is 1. The number of Topliss-reactive ketones (excluding diaryl/α,β-unsaturated/α-hetero) is 1. The fourth-order valence-corrected chi connectivity index (χ4v) is 5.14. The Kier molecular flexibility index (Phi) is 4.37. The molecule has 4 heteroatoms. The molecule has 2 N–H and O–H groups in total. The normalized spacial score (nSPS) is 28.8. The monoisotopic (exact) mass is 330 g/mol. The van der Waals surface area contributed by atoms with Gasteiger partial charge in [-0.05, 0) is 48.3 Å². The first-order valence-corrected chi connectivity index (χ1v) is 8.92. The van der Waals surface area contributed by atoms with Crippen molar-refractivity contribution in [3.63, 3.8) is 0 Å². The van der Waals surface area contributed by atoms with Crippen LogP contribution in [0.3, 0.4) is 0 Å². The second-order valence-electron chi connectivity index (χ2n) is 8.81. The fourth-order valence-electron chi connectivity index (χ4n) is 5.14. The van der Waals surface area contributed by atoms with Gasteiger partial charge in [-0.15, -0.1) is 0 Å². The summed E-state index contributed by atoms with van der Waals surface area (Å²) in [6.45, 7) is 9.14. The van der Waals surface area contributed by atoms with Gasteiger partial charge in [0, 0.05) is 31.1 Å². The zero-order chi connectivity index (χ0) is 17.5. The molecular formula is C20H30N2O2. The predicted octanol–water partition coefficient (Wildman–Crippen LogP) is 3.75. The van der Waals surface area contributed by atoms with E-state index in [1.807, 2.05) is 6.07 Å². The summed E-state index contributed by atoms with van der Waals surface area (Å²) in [6, 6.07) is 5.94. The largest absolute Gasteiger partial charge is 0.495 e. The van der Waals surface area contributed by atoms with Crippen molar-refractivity contribution in [1.82, 2.24) is 4.90 Å². The predicted molar refractivity (Wildman–Crippen MR) is 97.5 cm³/mol. The number of carbonyl (C=O) groups is 1. The van der Waals surface area contributed by atoms with E-state index in [1.54, 1.807) is 19.2 Å². The molecule has 2 bridgehead atoms. The van der Waals surface area contributed by atoms with Gasteiger partial charge in [-0.25, -0.2) is 0 Å². The number of carbonyl (C=O) groups excluding carboxylic acids is 1. The maximum atomic E-state index is 12.5. The van der Waals surface area contributed by atoms with Crippen molar-refractivity contribution in [3.05, 3.63) is 23.8 Å². The number of nitrogen functional groups attached to an aromatic ring is 1. The van der Waals surface area contributed by atoms with Gasteiger partial charge in [0.05, 0.1) is 12.8 Å². The number of benzene rings is 1. The van der Waals surface area contributed by atoms with E-state index in [0.717, 1.165) is 13.1 Å². The van der Waals surface area contributed by atoms with Crippen LogP contribution in [0.2, 0.25) is 0 Å². The molecule has 1 aliphatic carbocycles. The molecule has 0 aromatic heterocycles. The lowest BCUT2D eigenvalue weighted by molar-refractivity contribution is 0.0954. The number of fused-ring (bicyclic) bond motifs is 2. The third kappa shape index (κ3) is 3.44. The van der Waals surface area contributed by atoms with Crippen LogP contribution in [-0.4, -0.2) is 36.9 Å². The molecule has 2 aliphatic rings. The molecule has 24 heavy (non-hydrogen) atoms. The highest BCUT2D eigenvalue weighted by molar-refractivity contribution is 5.97. The van der Waals surface area contributed by atoms with Crippen molar-refractivity contribution >= 4 is 11.5 Å². The van der Waals surface area contributed by atoms with Gasteiger partial charge in [0.2, 0.25) is 0 Å². The topological polar surface area (TPSA) is 55.6 Å². The number of methoxy groups -OCH3 is 1. The van der Waals surface area contributed by atoms with Crippen molar-refractivity contribution in [2.24, 2.45) is 10.8 Å². The van der Waals surface area contributed by atoms with E-state index in [4.69, 9.17) is 10.5 Å². The summed E-state index contributed by atoms with van der Waals surface area (Å²) in [4.78, 5) is 15.1. The van der Waals surface area contributed by atoms with Crippen LogP contribution < -0.4 is 10.5 Å². The zero-order valence-corrected chi connectivity index (χ0v) is 15.4. The first kappa shape index (κ1) is 17.3. The number of ether oxygens (including phenoxy) is 1. The quantitative estimate of drug-likeness (QED) is 0.660. The molecule has 4 nitrogen and oxygen atoms in total. The standard InChI is InChI=1S/C20H30N2O2/c1-19(2)10-15-11-20(3,12-19)13-22(15)8-7-17(23)14-5-6-18(24-4)16(21)9-14/h5-6,9,15H,7-8,10-13,21H2,1-4H3. The minimum Gasteiger partial charge on any atom is -0.495 e. The van der Waals surface area contributed by atoms with Gasteiger partial charge in [-0.1, -0.05) is 20.8 Å². The Hall–Kier alpha value is -1.55. The van der Waals surface area contributed by atoms with Crippen LogP contribution in [0.5, 0.6) is 5.75 Å². The molecule has 2 fully saturated rings. The Bertz CT molecular complexity index is 641. The van der Waals surface area contributed by atoms with Gasteiger partial charge < -0.3 is 10.5 Å². The highest BCUT2D eigenvalue weighted by Crippen LogP contribution is 2.52. The first-order valence-electron chi connectivity index (χ1n) is 8.92. The molecule has 2 unspecified atom stereocenters. The maximum absolute atomic E-state index is 12.5. The van der Waals surface area contributed by atoms with Gasteiger partial charge in [0.15, 0.2) is 5.78 Å². The van der Waals surface area contributed by atoms with E-state index in [9.17, 15) is 4.79 Å². The molecule has 0 radical (unpaired) electrons. The SMILES string of the molecule is COc1ccc(C(=O)CCN2CC3(C)CC2CC(C)(C)C3)cc1N. The van der Waals surface area contributed by atoms with Gasteiger partial charge >= 0.3 is 0 Å². The molecular weight excluding hydrogens is 300 g/mol. The molecule has 1 saturated heterocycles. The summed E-state index contributed by atoms with van der Waals surface area (Å²) in [6.07, 6.45) is 4.36. The second-order valence-corrected chi connectivity index (χ2v) is 8.81. The Morgan fingerprint density at radius 2 is 2.08 bits per heavy atom. The lowest BCUT2D eigenvalue weighted by Crippen LogP contribution is -2.35. The lowest BCUT2D eigenvalue weighted by Gasteiger charge is -2.39. The van der Waals surface area contributed by atoms with Crippen LogP contribution in [0.1, 0.15) is 56.8 Å². The molecule has 2 atom stereocenters. The molecule has 132 valence electrons. The summed E-state index contributed by atoms with van der Waals surface area (Å²) in [5, 5.41) is 0. The van der Waals surface area contributed by atoms with Gasteiger partial charge in [0.1, 0.15) is 5.75 Å². The summed E-state index contributed by atoms with van der Waals surface area (Å²) in [7, 11) is 1.58. The van der Waals surface area contributed by atoms with Crippen LogP contribution >= 0.6 is 0 Å². The van der Waals surface area contributed by atoms with E-state index in [0.29, 0.717) is 40.3 Å². The fraction of sp³-hybridized carbons (Fsp3) is 0.650. The molecule has 0 amide bonds. The number of likely N-dealkylation sites (tertiary alicyclic amines) is 1. The Labute approximate surface area is 145 Å². The third-order valence-corrected chi connectivity index (χ3v) is 5.70. The number of ketones is 1. The number of nitrogens with two attached hydrogens (primary N) is 1. The van der Waals surface area contributed by atoms with E-state index in [1.165, 1.54) is 19.3 Å². The number of hydrogen-bond donors (Lipinski definition) is 1. The molecule has 1 heterocycles. The van der Waals surface area contributed by atoms with Crippen LogP contribution in [0, 0.1) is 10.8 Å². The van der Waals surface area contributed by atoms with Crippen molar-refractivity contribution in [3.8, 4) is 5.75 Å². The Morgan fingerprint density at radius 1 is 1.33 bits per heavy atom.